The molecule has 0 spiro atoms. The number of hydrogen-bond acceptors (Lipinski definition) is 3. The van der Waals surface area contributed by atoms with E-state index in [9.17, 15) is 0 Å². The zero-order chi connectivity index (χ0) is 14.1. The Morgan fingerprint density at radius 1 is 1.05 bits per heavy atom. The number of rotatable bonds is 2. The quantitative estimate of drug-likeness (QED) is 0.898. The van der Waals surface area contributed by atoms with Gasteiger partial charge in [0.05, 0.1) is 0 Å². The molecular weight excluding hydrogens is 250 g/mol. The van der Waals surface area contributed by atoms with E-state index < -0.39 is 0 Å². The van der Waals surface area contributed by atoms with Crippen LogP contribution in [0.25, 0.3) is 0 Å². The van der Waals surface area contributed by atoms with Crippen LogP contribution in [0.1, 0.15) is 44.7 Å². The highest BCUT2D eigenvalue weighted by atomic mass is 16.6. The van der Waals surface area contributed by atoms with Crippen molar-refractivity contribution >= 4 is 0 Å². The summed E-state index contributed by atoms with van der Waals surface area (Å²) in [6.07, 6.45) is 3.77. The van der Waals surface area contributed by atoms with Crippen molar-refractivity contribution in [3.63, 3.8) is 0 Å². The normalized spacial score (nSPS) is 30.9. The number of benzene rings is 1. The predicted octanol–water partition coefficient (Wildman–Crippen LogP) is 3.53. The minimum Gasteiger partial charge on any atom is -0.486 e. The van der Waals surface area contributed by atoms with Gasteiger partial charge >= 0.3 is 0 Å². The van der Waals surface area contributed by atoms with Crippen LogP contribution in [0.3, 0.4) is 0 Å². The van der Waals surface area contributed by atoms with E-state index >= 15 is 0 Å². The van der Waals surface area contributed by atoms with E-state index in [2.05, 4.69) is 26.0 Å². The molecule has 1 saturated carbocycles. The maximum Gasteiger partial charge on any atom is 0.161 e. The van der Waals surface area contributed by atoms with Gasteiger partial charge in [-0.3, -0.25) is 0 Å². The lowest BCUT2D eigenvalue weighted by Gasteiger charge is -2.35. The van der Waals surface area contributed by atoms with Crippen molar-refractivity contribution in [3.8, 4) is 11.5 Å². The Balaban J connectivity index is 1.75. The molecular formula is C17H25NO2. The summed E-state index contributed by atoms with van der Waals surface area (Å²) in [5.74, 6) is 3.89. The molecule has 3 nitrogen and oxygen atoms in total. The molecule has 3 heteroatoms. The fourth-order valence-electron chi connectivity index (χ4n) is 3.45. The van der Waals surface area contributed by atoms with Crippen LogP contribution in [0, 0.1) is 17.8 Å². The molecule has 20 heavy (non-hydrogen) atoms. The van der Waals surface area contributed by atoms with E-state index in [0.717, 1.165) is 23.3 Å². The lowest BCUT2D eigenvalue weighted by molar-refractivity contribution is 0.169. The summed E-state index contributed by atoms with van der Waals surface area (Å²) in [6.45, 7) is 5.98. The van der Waals surface area contributed by atoms with Gasteiger partial charge in [0.25, 0.3) is 0 Å². The van der Waals surface area contributed by atoms with Crippen LogP contribution in [-0.4, -0.2) is 13.2 Å². The first kappa shape index (κ1) is 13.7. The standard InChI is InChI=1S/C17H25NO2/c1-11-3-4-13(9-12(11)2)17(18)14-5-6-15-16(10-14)20-8-7-19-15/h5-6,10-13,17H,3-4,7-9,18H2,1-2H3. The smallest absolute Gasteiger partial charge is 0.161 e. The molecule has 3 rings (SSSR count). The van der Waals surface area contributed by atoms with Crippen LogP contribution in [0.5, 0.6) is 11.5 Å². The van der Waals surface area contributed by atoms with Gasteiger partial charge in [-0.25, -0.2) is 0 Å². The highest BCUT2D eigenvalue weighted by Gasteiger charge is 2.29. The highest BCUT2D eigenvalue weighted by Crippen LogP contribution is 2.40. The first-order chi connectivity index (χ1) is 9.65. The number of hydrogen-bond donors (Lipinski definition) is 1. The number of ether oxygens (including phenoxy) is 2. The maximum atomic E-state index is 6.51. The molecule has 110 valence electrons. The van der Waals surface area contributed by atoms with Crippen molar-refractivity contribution in [2.75, 3.05) is 13.2 Å². The Bertz CT molecular complexity index is 474. The Labute approximate surface area is 121 Å². The van der Waals surface area contributed by atoms with Crippen LogP contribution < -0.4 is 15.2 Å². The third-order valence-electron chi connectivity index (χ3n) is 5.10. The first-order valence-corrected chi connectivity index (χ1v) is 7.80. The van der Waals surface area contributed by atoms with Gasteiger partial charge in [0.1, 0.15) is 13.2 Å². The molecule has 4 unspecified atom stereocenters. The van der Waals surface area contributed by atoms with E-state index in [1.807, 2.05) is 6.07 Å². The largest absolute Gasteiger partial charge is 0.486 e. The van der Waals surface area contributed by atoms with Crippen molar-refractivity contribution in [1.29, 1.82) is 0 Å². The van der Waals surface area contributed by atoms with E-state index in [1.54, 1.807) is 0 Å². The van der Waals surface area contributed by atoms with Crippen molar-refractivity contribution in [2.24, 2.45) is 23.5 Å². The Morgan fingerprint density at radius 3 is 2.55 bits per heavy atom. The summed E-state index contributed by atoms with van der Waals surface area (Å²) in [5, 5.41) is 0. The van der Waals surface area contributed by atoms with Gasteiger partial charge in [-0.15, -0.1) is 0 Å². The molecule has 0 aromatic heterocycles. The zero-order valence-corrected chi connectivity index (χ0v) is 12.5. The van der Waals surface area contributed by atoms with Gasteiger partial charge in [0, 0.05) is 6.04 Å². The molecule has 4 atom stereocenters. The van der Waals surface area contributed by atoms with Gasteiger partial charge < -0.3 is 15.2 Å². The lowest BCUT2D eigenvalue weighted by Crippen LogP contribution is -2.29. The Kier molecular flexibility index (Phi) is 3.88. The topological polar surface area (TPSA) is 44.5 Å². The van der Waals surface area contributed by atoms with Crippen LogP contribution >= 0.6 is 0 Å². The van der Waals surface area contributed by atoms with E-state index in [0.29, 0.717) is 19.1 Å². The lowest BCUT2D eigenvalue weighted by atomic mass is 9.72. The predicted molar refractivity (Wildman–Crippen MR) is 80.0 cm³/mol. The fourth-order valence-corrected chi connectivity index (χ4v) is 3.45. The Morgan fingerprint density at radius 2 is 1.80 bits per heavy atom. The molecule has 2 aliphatic rings. The van der Waals surface area contributed by atoms with Crippen molar-refractivity contribution in [3.05, 3.63) is 23.8 Å². The summed E-state index contributed by atoms with van der Waals surface area (Å²) in [7, 11) is 0. The minimum atomic E-state index is 0.112. The monoisotopic (exact) mass is 275 g/mol. The van der Waals surface area contributed by atoms with E-state index in [-0.39, 0.29) is 6.04 Å². The Hall–Kier alpha value is -1.22. The zero-order valence-electron chi connectivity index (χ0n) is 12.5. The molecule has 1 aromatic carbocycles. The SMILES string of the molecule is CC1CCC(C(N)c2ccc3c(c2)OCCO3)CC1C. The van der Waals surface area contributed by atoms with Gasteiger partial charge in [-0.2, -0.15) is 0 Å². The van der Waals surface area contributed by atoms with E-state index in [4.69, 9.17) is 15.2 Å². The molecule has 0 bridgehead atoms. The molecule has 1 heterocycles. The van der Waals surface area contributed by atoms with Gasteiger partial charge in [0.2, 0.25) is 0 Å². The average Bonchev–Trinajstić information content (AvgIpc) is 2.49. The van der Waals surface area contributed by atoms with E-state index in [1.165, 1.54) is 24.8 Å². The number of nitrogens with two attached hydrogens (primary N) is 1. The maximum absolute atomic E-state index is 6.51. The average molecular weight is 275 g/mol. The third-order valence-corrected chi connectivity index (χ3v) is 5.10. The van der Waals surface area contributed by atoms with Crippen LogP contribution in [-0.2, 0) is 0 Å². The van der Waals surface area contributed by atoms with Crippen LogP contribution in [0.2, 0.25) is 0 Å². The van der Waals surface area contributed by atoms with Gasteiger partial charge in [0.15, 0.2) is 11.5 Å². The van der Waals surface area contributed by atoms with Crippen LogP contribution in [0.4, 0.5) is 0 Å². The molecule has 0 saturated heterocycles. The fraction of sp³-hybridized carbons (Fsp3) is 0.647. The summed E-state index contributed by atoms with van der Waals surface area (Å²) in [4.78, 5) is 0. The summed E-state index contributed by atoms with van der Waals surface area (Å²) in [6, 6.07) is 6.28. The molecule has 2 N–H and O–H groups in total. The molecule has 1 fully saturated rings. The molecule has 1 aromatic rings. The molecule has 1 aliphatic carbocycles. The van der Waals surface area contributed by atoms with Gasteiger partial charge in [-0.05, 0) is 48.3 Å². The number of fused-ring (bicyclic) bond motifs is 1. The summed E-state index contributed by atoms with van der Waals surface area (Å²) in [5.41, 5.74) is 7.70. The molecule has 0 amide bonds. The van der Waals surface area contributed by atoms with Crippen molar-refractivity contribution in [1.82, 2.24) is 0 Å². The first-order valence-electron chi connectivity index (χ1n) is 7.80. The highest BCUT2D eigenvalue weighted by molar-refractivity contribution is 5.44. The summed E-state index contributed by atoms with van der Waals surface area (Å²) >= 11 is 0. The van der Waals surface area contributed by atoms with Gasteiger partial charge in [-0.1, -0.05) is 26.3 Å². The molecule has 0 radical (unpaired) electrons. The van der Waals surface area contributed by atoms with Crippen LogP contribution in [0.15, 0.2) is 18.2 Å². The molecule has 1 aliphatic heterocycles. The van der Waals surface area contributed by atoms with Crippen molar-refractivity contribution in [2.45, 2.75) is 39.2 Å². The summed E-state index contributed by atoms with van der Waals surface area (Å²) < 4.78 is 11.2. The second kappa shape index (κ2) is 5.65. The second-order valence-electron chi connectivity index (χ2n) is 6.46. The van der Waals surface area contributed by atoms with Crippen molar-refractivity contribution < 1.29 is 9.47 Å². The third kappa shape index (κ3) is 2.64. The second-order valence-corrected chi connectivity index (χ2v) is 6.46. The minimum absolute atomic E-state index is 0.112.